The Morgan fingerprint density at radius 1 is 0.920 bits per heavy atom. The van der Waals surface area contributed by atoms with Crippen molar-refractivity contribution < 1.29 is 28.8 Å². The topological polar surface area (TPSA) is 72.9 Å². The quantitative estimate of drug-likeness (QED) is 0.325. The van der Waals surface area contributed by atoms with Crippen molar-refractivity contribution in [2.45, 2.75) is 161 Å². The Balaban J connectivity index is 0.881. The van der Waals surface area contributed by atoms with Crippen LogP contribution in [0.2, 0.25) is 0 Å². The van der Waals surface area contributed by atoms with Crippen molar-refractivity contribution in [2.75, 3.05) is 52.6 Å². The molecule has 4 heterocycles. The Hall–Kier alpha value is -0.320. The number of ether oxygens (including phenoxy) is 5. The highest BCUT2D eigenvalue weighted by Crippen LogP contribution is 2.89. The van der Waals surface area contributed by atoms with Crippen LogP contribution in [0.5, 0.6) is 0 Å². The van der Waals surface area contributed by atoms with Gasteiger partial charge in [0, 0.05) is 31.8 Å². The highest BCUT2D eigenvalue weighted by atomic mass is 16.7. The summed E-state index contributed by atoms with van der Waals surface area (Å²) in [5.41, 5.74) is 0.788. The lowest BCUT2D eigenvalue weighted by Crippen LogP contribution is -2.74. The Morgan fingerprint density at radius 2 is 1.68 bits per heavy atom. The van der Waals surface area contributed by atoms with Crippen LogP contribution in [0.1, 0.15) is 113 Å². The first-order valence-corrected chi connectivity index (χ1v) is 21.0. The third kappa shape index (κ3) is 4.83. The molecule has 9 fully saturated rings. The van der Waals surface area contributed by atoms with Crippen LogP contribution in [0, 0.1) is 51.2 Å². The van der Waals surface area contributed by atoms with Gasteiger partial charge in [-0.15, -0.1) is 0 Å². The molecule has 0 bridgehead atoms. The van der Waals surface area contributed by atoms with E-state index in [4.69, 9.17) is 23.7 Å². The molecule has 284 valence electrons. The Kier molecular flexibility index (Phi) is 8.38. The van der Waals surface area contributed by atoms with Gasteiger partial charge in [0.25, 0.3) is 0 Å². The van der Waals surface area contributed by atoms with E-state index in [0.29, 0.717) is 40.9 Å². The molecule has 0 aromatic carbocycles. The van der Waals surface area contributed by atoms with Gasteiger partial charge in [0.2, 0.25) is 0 Å². The average molecular weight is 699 g/mol. The fourth-order valence-corrected chi connectivity index (χ4v) is 15.5. The Bertz CT molecular complexity index is 1290. The maximum atomic E-state index is 11.0. The van der Waals surface area contributed by atoms with Crippen molar-refractivity contribution in [3.8, 4) is 0 Å². The predicted octanol–water partition coefficient (Wildman–Crippen LogP) is 6.13. The molecule has 0 amide bonds. The lowest BCUT2D eigenvalue weighted by atomic mass is 9.46. The van der Waals surface area contributed by atoms with E-state index in [0.717, 1.165) is 76.1 Å². The van der Waals surface area contributed by atoms with E-state index in [1.54, 1.807) is 0 Å². The van der Waals surface area contributed by atoms with Gasteiger partial charge in [-0.3, -0.25) is 9.80 Å². The van der Waals surface area contributed by atoms with Gasteiger partial charge < -0.3 is 28.8 Å². The fraction of sp³-hybridized carbons (Fsp3) is 1.00. The SMILES string of the molecule is CCOC(C1CC[C@H]2C(CC3C4CC[C@H]5C(C)(C)C(OC6CN(C7(C)CN(C8COC8)C7)CCO6)CCC56[C@@H](C)C46CCC32C)O1)C(C)(C)O. The van der Waals surface area contributed by atoms with Gasteiger partial charge >= 0.3 is 0 Å². The first-order chi connectivity index (χ1) is 23.7. The largest absolute Gasteiger partial charge is 0.388 e. The van der Waals surface area contributed by atoms with E-state index in [9.17, 15) is 5.11 Å². The van der Waals surface area contributed by atoms with Gasteiger partial charge in [-0.25, -0.2) is 0 Å². The smallest absolute Gasteiger partial charge is 0.170 e. The zero-order chi connectivity index (χ0) is 35.1. The van der Waals surface area contributed by atoms with Gasteiger partial charge in [0.1, 0.15) is 6.10 Å². The Morgan fingerprint density at radius 3 is 2.38 bits per heavy atom. The molecule has 10 unspecified atom stereocenters. The molecular formula is C42H70N2O6. The minimum Gasteiger partial charge on any atom is -0.388 e. The number of fused-ring (bicyclic) bond motifs is 4. The molecule has 0 aromatic heterocycles. The number of hydrogen-bond donors (Lipinski definition) is 1. The van der Waals surface area contributed by atoms with Crippen LogP contribution in [0.4, 0.5) is 0 Å². The van der Waals surface area contributed by atoms with E-state index in [1.165, 1.54) is 51.4 Å². The molecule has 0 radical (unpaired) electrons. The first kappa shape index (κ1) is 35.4. The molecule has 5 saturated carbocycles. The maximum absolute atomic E-state index is 11.0. The van der Waals surface area contributed by atoms with Crippen LogP contribution in [-0.4, -0.2) is 115 Å². The van der Waals surface area contributed by atoms with Gasteiger partial charge in [0.05, 0.1) is 56.3 Å². The molecule has 13 atom stereocenters. The number of morpholine rings is 1. The summed E-state index contributed by atoms with van der Waals surface area (Å²) >= 11 is 0. The molecule has 4 aliphatic heterocycles. The van der Waals surface area contributed by atoms with Crippen molar-refractivity contribution in [1.29, 1.82) is 0 Å². The van der Waals surface area contributed by atoms with Crippen molar-refractivity contribution >= 4 is 0 Å². The third-order valence-corrected chi connectivity index (χ3v) is 17.9. The van der Waals surface area contributed by atoms with Gasteiger partial charge in [-0.05, 0) is 137 Å². The number of rotatable bonds is 8. The molecule has 8 heteroatoms. The molecule has 50 heavy (non-hydrogen) atoms. The van der Waals surface area contributed by atoms with Crippen LogP contribution in [0.25, 0.3) is 0 Å². The van der Waals surface area contributed by atoms with Crippen molar-refractivity contribution in [1.82, 2.24) is 9.80 Å². The van der Waals surface area contributed by atoms with Gasteiger partial charge in [0.15, 0.2) is 6.29 Å². The lowest BCUT2D eigenvalue weighted by molar-refractivity contribution is -0.259. The number of hydrogen-bond acceptors (Lipinski definition) is 8. The molecular weight excluding hydrogens is 628 g/mol. The van der Waals surface area contributed by atoms with Crippen LogP contribution in [-0.2, 0) is 23.7 Å². The van der Waals surface area contributed by atoms with Crippen LogP contribution in [0.3, 0.4) is 0 Å². The molecule has 8 nitrogen and oxygen atoms in total. The van der Waals surface area contributed by atoms with E-state index < -0.39 is 5.60 Å². The molecule has 4 saturated heterocycles. The summed E-state index contributed by atoms with van der Waals surface area (Å²) in [5.74, 6) is 3.72. The van der Waals surface area contributed by atoms with E-state index >= 15 is 0 Å². The van der Waals surface area contributed by atoms with Crippen molar-refractivity contribution in [3.05, 3.63) is 0 Å². The average Bonchev–Trinajstić information content (AvgIpc) is 3.41. The van der Waals surface area contributed by atoms with Crippen molar-refractivity contribution in [2.24, 2.45) is 51.2 Å². The monoisotopic (exact) mass is 699 g/mol. The molecule has 0 aromatic rings. The second-order valence-corrected chi connectivity index (χ2v) is 20.6. The lowest BCUT2D eigenvalue weighted by Gasteiger charge is -2.60. The minimum atomic E-state index is -0.902. The van der Waals surface area contributed by atoms with E-state index in [1.807, 2.05) is 20.8 Å². The summed E-state index contributed by atoms with van der Waals surface area (Å²) in [6.07, 6.45) is 11.6. The number of aliphatic hydroxyl groups is 1. The highest BCUT2D eigenvalue weighted by molar-refractivity contribution is 5.32. The second-order valence-electron chi connectivity index (χ2n) is 20.6. The van der Waals surface area contributed by atoms with Gasteiger partial charge in [-0.1, -0.05) is 27.7 Å². The molecule has 9 rings (SSSR count). The van der Waals surface area contributed by atoms with E-state index in [-0.39, 0.29) is 35.6 Å². The minimum absolute atomic E-state index is 0.0131. The summed E-state index contributed by atoms with van der Waals surface area (Å²) in [4.78, 5) is 5.28. The van der Waals surface area contributed by atoms with Crippen LogP contribution < -0.4 is 0 Å². The zero-order valence-corrected chi connectivity index (χ0v) is 32.8. The highest BCUT2D eigenvalue weighted by Gasteiger charge is 2.84. The number of likely N-dealkylation sites (tertiary alicyclic amines) is 1. The molecule has 9 aliphatic rings. The molecule has 5 aliphatic carbocycles. The summed E-state index contributed by atoms with van der Waals surface area (Å²) in [6, 6.07) is 0.629. The van der Waals surface area contributed by atoms with E-state index in [2.05, 4.69) is 44.4 Å². The summed E-state index contributed by atoms with van der Waals surface area (Å²) in [6.45, 7) is 26.1. The summed E-state index contributed by atoms with van der Waals surface area (Å²) in [7, 11) is 0. The standard InChI is InChI=1S/C42H70N2O6/c1-9-47-36(38(5,6)45)31-12-10-29-32(49-31)20-30-28-11-13-33-37(3,4)34(14-15-42(33)26(2)41(28,42)17-16-40(29,30)8)50-35-21-44(18-19-48-35)39(7)24-43(25-39)27-22-46-23-27/h26-36,45H,9-25H2,1-8H3/t26-,28?,29-,30?,31?,32?,33-,34?,35?,36?,40?,41?,42?/m0/s1. The molecule has 1 N–H and O–H groups in total. The Labute approximate surface area is 303 Å². The summed E-state index contributed by atoms with van der Waals surface area (Å²) in [5, 5.41) is 11.0. The third-order valence-electron chi connectivity index (χ3n) is 17.9. The fourth-order valence-electron chi connectivity index (χ4n) is 15.5. The number of nitrogens with zero attached hydrogens (tertiary/aromatic N) is 2. The summed E-state index contributed by atoms with van der Waals surface area (Å²) < 4.78 is 32.1. The van der Waals surface area contributed by atoms with Gasteiger partial charge in [-0.2, -0.15) is 0 Å². The molecule has 2 spiro atoms. The first-order valence-electron chi connectivity index (χ1n) is 21.0. The second kappa shape index (κ2) is 11.8. The van der Waals surface area contributed by atoms with Crippen LogP contribution >= 0.6 is 0 Å². The zero-order valence-electron chi connectivity index (χ0n) is 32.8. The predicted molar refractivity (Wildman–Crippen MR) is 193 cm³/mol. The normalized spacial score (nSPS) is 50.5. The van der Waals surface area contributed by atoms with Crippen molar-refractivity contribution in [3.63, 3.8) is 0 Å². The van der Waals surface area contributed by atoms with Crippen LogP contribution in [0.15, 0.2) is 0 Å². The maximum Gasteiger partial charge on any atom is 0.170 e.